The van der Waals surface area contributed by atoms with Crippen molar-refractivity contribution in [3.63, 3.8) is 0 Å². The van der Waals surface area contributed by atoms with E-state index in [1.54, 1.807) is 19.3 Å². The van der Waals surface area contributed by atoms with Crippen LogP contribution in [0.2, 0.25) is 0 Å². The molecule has 0 unspecified atom stereocenters. The maximum atomic E-state index is 11.8. The van der Waals surface area contributed by atoms with Gasteiger partial charge in [0.1, 0.15) is 5.82 Å². The second kappa shape index (κ2) is 11.8. The van der Waals surface area contributed by atoms with Gasteiger partial charge in [0.2, 0.25) is 5.91 Å². The number of amides is 1. The molecule has 7 heteroatoms. The number of pyridine rings is 1. The molecule has 0 spiro atoms. The first-order valence-corrected chi connectivity index (χ1v) is 9.21. The van der Waals surface area contributed by atoms with Gasteiger partial charge in [-0.25, -0.2) is 4.98 Å². The predicted octanol–water partition coefficient (Wildman–Crippen LogP) is 2.03. The first-order chi connectivity index (χ1) is 11.2. The number of hydrogen-bond donors (Lipinski definition) is 3. The number of aryl methyl sites for hydroxylation is 1. The van der Waals surface area contributed by atoms with Crippen LogP contribution in [-0.2, 0) is 4.79 Å². The Hall–Kier alpha value is -1.76. The molecule has 1 aromatic rings. The van der Waals surface area contributed by atoms with Gasteiger partial charge in [-0.3, -0.25) is 9.79 Å². The van der Waals surface area contributed by atoms with Crippen LogP contribution in [0.15, 0.2) is 23.3 Å². The summed E-state index contributed by atoms with van der Waals surface area (Å²) in [5, 5.41) is 9.16. The SMILES string of the molecule is CN=C(NCCCCSC)NCCC(=O)Nc1ccc(C)cn1. The Morgan fingerprint density at radius 2 is 2.04 bits per heavy atom. The first kappa shape index (κ1) is 19.3. The van der Waals surface area contributed by atoms with E-state index in [-0.39, 0.29) is 5.91 Å². The van der Waals surface area contributed by atoms with Crippen LogP contribution >= 0.6 is 11.8 Å². The lowest BCUT2D eigenvalue weighted by atomic mass is 10.3. The molecular formula is C16H27N5OS. The van der Waals surface area contributed by atoms with Crippen molar-refractivity contribution in [2.75, 3.05) is 37.5 Å². The van der Waals surface area contributed by atoms with Gasteiger partial charge in [-0.15, -0.1) is 0 Å². The van der Waals surface area contributed by atoms with E-state index in [0.29, 0.717) is 18.8 Å². The summed E-state index contributed by atoms with van der Waals surface area (Å²) in [5.41, 5.74) is 1.07. The normalized spacial score (nSPS) is 11.2. The molecule has 0 aliphatic carbocycles. The van der Waals surface area contributed by atoms with E-state index >= 15 is 0 Å². The molecule has 3 N–H and O–H groups in total. The van der Waals surface area contributed by atoms with Gasteiger partial charge in [0.05, 0.1) is 0 Å². The number of aromatic nitrogens is 1. The zero-order valence-electron chi connectivity index (χ0n) is 14.2. The van der Waals surface area contributed by atoms with Crippen LogP contribution in [0.1, 0.15) is 24.8 Å². The molecule has 0 atom stereocenters. The Labute approximate surface area is 142 Å². The lowest BCUT2D eigenvalue weighted by Gasteiger charge is -2.11. The number of rotatable bonds is 9. The fraction of sp³-hybridized carbons (Fsp3) is 0.562. The van der Waals surface area contributed by atoms with Gasteiger partial charge < -0.3 is 16.0 Å². The molecule has 1 aromatic heterocycles. The molecule has 1 heterocycles. The van der Waals surface area contributed by atoms with Gasteiger partial charge >= 0.3 is 0 Å². The number of aliphatic imine (C=N–C) groups is 1. The molecular weight excluding hydrogens is 310 g/mol. The summed E-state index contributed by atoms with van der Waals surface area (Å²) >= 11 is 1.86. The monoisotopic (exact) mass is 337 g/mol. The second-order valence-corrected chi connectivity index (χ2v) is 6.13. The lowest BCUT2D eigenvalue weighted by molar-refractivity contribution is -0.116. The van der Waals surface area contributed by atoms with Crippen molar-refractivity contribution in [2.45, 2.75) is 26.2 Å². The zero-order valence-corrected chi connectivity index (χ0v) is 15.0. The van der Waals surface area contributed by atoms with Crippen molar-refractivity contribution in [3.05, 3.63) is 23.9 Å². The molecule has 1 rings (SSSR count). The number of anilines is 1. The van der Waals surface area contributed by atoms with Crippen molar-refractivity contribution < 1.29 is 4.79 Å². The molecule has 6 nitrogen and oxygen atoms in total. The van der Waals surface area contributed by atoms with Crippen LogP contribution in [-0.4, -0.2) is 49.0 Å². The zero-order chi connectivity index (χ0) is 16.9. The standard InChI is InChI=1S/C16H27N5OS/c1-13-6-7-14(20-12-13)21-15(22)8-10-19-16(17-2)18-9-4-5-11-23-3/h6-7,12H,4-5,8-11H2,1-3H3,(H2,17,18,19)(H,20,21,22). The third-order valence-electron chi connectivity index (χ3n) is 3.11. The third-order valence-corrected chi connectivity index (χ3v) is 3.81. The van der Waals surface area contributed by atoms with E-state index < -0.39 is 0 Å². The Morgan fingerprint density at radius 3 is 2.70 bits per heavy atom. The summed E-state index contributed by atoms with van der Waals surface area (Å²) in [6, 6.07) is 3.72. The fourth-order valence-electron chi connectivity index (χ4n) is 1.84. The average molecular weight is 337 g/mol. The highest BCUT2D eigenvalue weighted by Crippen LogP contribution is 2.03. The Kier molecular flexibility index (Phi) is 9.86. The molecule has 128 valence electrons. The smallest absolute Gasteiger partial charge is 0.227 e. The Bertz CT molecular complexity index is 490. The number of carbonyl (C=O) groups is 1. The quantitative estimate of drug-likeness (QED) is 0.365. The van der Waals surface area contributed by atoms with Gasteiger partial charge in [0.25, 0.3) is 0 Å². The summed E-state index contributed by atoms with van der Waals surface area (Å²) < 4.78 is 0. The van der Waals surface area contributed by atoms with Crippen LogP contribution < -0.4 is 16.0 Å². The first-order valence-electron chi connectivity index (χ1n) is 7.81. The van der Waals surface area contributed by atoms with Crippen LogP contribution in [0.5, 0.6) is 0 Å². The highest BCUT2D eigenvalue weighted by Gasteiger charge is 2.04. The Morgan fingerprint density at radius 1 is 1.26 bits per heavy atom. The maximum Gasteiger partial charge on any atom is 0.227 e. The van der Waals surface area contributed by atoms with Gasteiger partial charge in [0, 0.05) is 32.8 Å². The average Bonchev–Trinajstić information content (AvgIpc) is 2.55. The number of unbranched alkanes of at least 4 members (excludes halogenated alkanes) is 1. The van der Waals surface area contributed by atoms with Crippen LogP contribution in [0, 0.1) is 6.92 Å². The third kappa shape index (κ3) is 9.07. The molecule has 0 saturated heterocycles. The van der Waals surface area contributed by atoms with Crippen molar-refractivity contribution >= 4 is 29.4 Å². The number of hydrogen-bond acceptors (Lipinski definition) is 4. The predicted molar refractivity (Wildman–Crippen MR) is 99.2 cm³/mol. The van der Waals surface area contributed by atoms with Gasteiger partial charge in [-0.05, 0) is 43.4 Å². The topological polar surface area (TPSA) is 78.4 Å². The molecule has 0 aliphatic heterocycles. The van der Waals surface area contributed by atoms with E-state index in [9.17, 15) is 4.79 Å². The molecule has 0 bridgehead atoms. The molecule has 1 amide bonds. The molecule has 0 fully saturated rings. The second-order valence-electron chi connectivity index (χ2n) is 5.14. The van der Waals surface area contributed by atoms with E-state index in [4.69, 9.17) is 0 Å². The minimum absolute atomic E-state index is 0.0655. The van der Waals surface area contributed by atoms with Gasteiger partial charge in [-0.1, -0.05) is 6.07 Å². The molecule has 0 radical (unpaired) electrons. The van der Waals surface area contributed by atoms with Crippen molar-refractivity contribution in [2.24, 2.45) is 4.99 Å². The summed E-state index contributed by atoms with van der Waals surface area (Å²) in [4.78, 5) is 20.1. The molecule has 23 heavy (non-hydrogen) atoms. The molecule has 0 saturated carbocycles. The van der Waals surface area contributed by atoms with Crippen LogP contribution in [0.3, 0.4) is 0 Å². The number of nitrogens with zero attached hydrogens (tertiary/aromatic N) is 2. The summed E-state index contributed by atoms with van der Waals surface area (Å²) in [6.07, 6.45) is 6.52. The largest absolute Gasteiger partial charge is 0.356 e. The van der Waals surface area contributed by atoms with E-state index in [1.807, 2.05) is 24.8 Å². The molecule has 0 aromatic carbocycles. The number of thioether (sulfide) groups is 1. The van der Waals surface area contributed by atoms with Crippen molar-refractivity contribution in [1.82, 2.24) is 15.6 Å². The highest BCUT2D eigenvalue weighted by molar-refractivity contribution is 7.98. The lowest BCUT2D eigenvalue weighted by Crippen LogP contribution is -2.39. The number of guanidine groups is 1. The summed E-state index contributed by atoms with van der Waals surface area (Å²) in [5.74, 6) is 2.43. The van der Waals surface area contributed by atoms with Crippen LogP contribution in [0.25, 0.3) is 0 Å². The number of carbonyl (C=O) groups excluding carboxylic acids is 1. The van der Waals surface area contributed by atoms with E-state index in [1.165, 1.54) is 12.2 Å². The van der Waals surface area contributed by atoms with Gasteiger partial charge in [-0.2, -0.15) is 11.8 Å². The van der Waals surface area contributed by atoms with E-state index in [0.717, 1.165) is 24.5 Å². The summed E-state index contributed by atoms with van der Waals surface area (Å²) in [7, 11) is 1.73. The minimum atomic E-state index is -0.0655. The molecule has 0 aliphatic rings. The highest BCUT2D eigenvalue weighted by atomic mass is 32.2. The maximum absolute atomic E-state index is 11.8. The summed E-state index contributed by atoms with van der Waals surface area (Å²) in [6.45, 7) is 3.38. The number of nitrogens with one attached hydrogen (secondary N) is 3. The van der Waals surface area contributed by atoms with Crippen molar-refractivity contribution in [3.8, 4) is 0 Å². The Balaban J connectivity index is 2.18. The minimum Gasteiger partial charge on any atom is -0.356 e. The van der Waals surface area contributed by atoms with Crippen LogP contribution in [0.4, 0.5) is 5.82 Å². The van der Waals surface area contributed by atoms with Crippen molar-refractivity contribution in [1.29, 1.82) is 0 Å². The fourth-order valence-corrected chi connectivity index (χ4v) is 2.33. The van der Waals surface area contributed by atoms with E-state index in [2.05, 4.69) is 32.2 Å². The van der Waals surface area contributed by atoms with Gasteiger partial charge in [0.15, 0.2) is 5.96 Å².